The van der Waals surface area contributed by atoms with E-state index in [1.54, 1.807) is 22.3 Å². The highest BCUT2D eigenvalue weighted by Crippen LogP contribution is 2.25. The quantitative estimate of drug-likeness (QED) is 0.624. The zero-order valence-electron chi connectivity index (χ0n) is 16.0. The van der Waals surface area contributed by atoms with E-state index in [4.69, 9.17) is 4.74 Å². The van der Waals surface area contributed by atoms with Gasteiger partial charge in [0.2, 0.25) is 0 Å². The van der Waals surface area contributed by atoms with Gasteiger partial charge in [0.05, 0.1) is 11.1 Å². The number of hydrogen-bond acceptors (Lipinski definition) is 5. The molecular weight excluding hydrogens is 372 g/mol. The Hall–Kier alpha value is -2.73. The first-order valence-corrected chi connectivity index (χ1v) is 10.3. The van der Waals surface area contributed by atoms with Gasteiger partial charge < -0.3 is 9.64 Å². The number of hydrogen-bond donors (Lipinski definition) is 0. The summed E-state index contributed by atoms with van der Waals surface area (Å²) in [7, 11) is 0. The van der Waals surface area contributed by atoms with Crippen LogP contribution in [0.25, 0.3) is 10.9 Å². The van der Waals surface area contributed by atoms with Gasteiger partial charge in [-0.05, 0) is 41.5 Å². The second-order valence-electron chi connectivity index (χ2n) is 7.28. The minimum absolute atomic E-state index is 0.160. The molecule has 0 saturated carbocycles. The molecule has 1 aliphatic rings. The highest BCUT2D eigenvalue weighted by atomic mass is 32.1. The molecule has 0 N–H and O–H groups in total. The van der Waals surface area contributed by atoms with Crippen LogP contribution in [0.15, 0.2) is 41.8 Å². The predicted octanol–water partition coefficient (Wildman–Crippen LogP) is 4.16. The van der Waals surface area contributed by atoms with Crippen molar-refractivity contribution in [1.29, 1.82) is 0 Å². The van der Waals surface area contributed by atoms with Gasteiger partial charge in [-0.2, -0.15) is 0 Å². The Bertz CT molecular complexity index is 1040. The average molecular weight is 394 g/mol. The second kappa shape index (κ2) is 7.72. The molecule has 4 rings (SSSR count). The van der Waals surface area contributed by atoms with Crippen molar-refractivity contribution >= 4 is 34.1 Å². The fourth-order valence-electron chi connectivity index (χ4n) is 3.42. The summed E-state index contributed by atoms with van der Waals surface area (Å²) in [6.45, 7) is 5.08. The molecule has 0 unspecified atom stereocenters. The Balaban J connectivity index is 1.49. The van der Waals surface area contributed by atoms with Crippen LogP contribution in [0, 0.1) is 0 Å². The van der Waals surface area contributed by atoms with Crippen molar-refractivity contribution in [3.8, 4) is 0 Å². The van der Waals surface area contributed by atoms with E-state index in [2.05, 4.69) is 16.4 Å². The van der Waals surface area contributed by atoms with E-state index in [9.17, 15) is 9.59 Å². The van der Waals surface area contributed by atoms with E-state index < -0.39 is 5.97 Å². The standard InChI is InChI=1S/C22H22N2O3S/c1-14(2)19-11-17(16-5-3-4-6-18(16)23-19)22(26)27-13-21(25)24-9-7-20-15(12-24)8-10-28-20/h3-6,8,10-11,14H,7,9,12-13H2,1-2H3. The first-order valence-electron chi connectivity index (χ1n) is 9.42. The van der Waals surface area contributed by atoms with Gasteiger partial charge in [-0.15, -0.1) is 11.3 Å². The Morgan fingerprint density at radius 1 is 1.25 bits per heavy atom. The van der Waals surface area contributed by atoms with Crippen LogP contribution in [0.5, 0.6) is 0 Å². The molecule has 1 aliphatic heterocycles. The first-order chi connectivity index (χ1) is 13.5. The third kappa shape index (κ3) is 3.64. The SMILES string of the molecule is CC(C)c1cc(C(=O)OCC(=O)N2CCc3sccc3C2)c2ccccc2n1. The summed E-state index contributed by atoms with van der Waals surface area (Å²) >= 11 is 1.73. The van der Waals surface area contributed by atoms with Crippen molar-refractivity contribution in [2.45, 2.75) is 32.7 Å². The lowest BCUT2D eigenvalue weighted by Crippen LogP contribution is -2.38. The molecule has 0 radical (unpaired) electrons. The van der Waals surface area contributed by atoms with Crippen molar-refractivity contribution in [3.63, 3.8) is 0 Å². The fourth-order valence-corrected chi connectivity index (χ4v) is 4.31. The van der Waals surface area contributed by atoms with Gasteiger partial charge >= 0.3 is 5.97 Å². The van der Waals surface area contributed by atoms with Crippen LogP contribution in [-0.2, 0) is 22.5 Å². The van der Waals surface area contributed by atoms with Crippen LogP contribution in [0.4, 0.5) is 0 Å². The first kappa shape index (κ1) is 18.6. The fraction of sp³-hybridized carbons (Fsp3) is 0.318. The lowest BCUT2D eigenvalue weighted by atomic mass is 10.0. The summed E-state index contributed by atoms with van der Waals surface area (Å²) in [5.41, 5.74) is 3.24. The number of thiophene rings is 1. The molecule has 0 aliphatic carbocycles. The summed E-state index contributed by atoms with van der Waals surface area (Å²) in [5, 5.41) is 2.80. The minimum Gasteiger partial charge on any atom is -0.452 e. The number of nitrogens with zero attached hydrogens (tertiary/aromatic N) is 2. The van der Waals surface area contributed by atoms with E-state index in [0.29, 0.717) is 18.7 Å². The molecule has 0 fully saturated rings. The van der Waals surface area contributed by atoms with E-state index in [1.807, 2.05) is 38.1 Å². The molecule has 1 amide bonds. The van der Waals surface area contributed by atoms with Gasteiger partial charge in [-0.25, -0.2) is 4.79 Å². The minimum atomic E-state index is -0.484. The number of ether oxygens (including phenoxy) is 1. The van der Waals surface area contributed by atoms with Crippen LogP contribution < -0.4 is 0 Å². The molecule has 0 atom stereocenters. The maximum Gasteiger partial charge on any atom is 0.339 e. The third-order valence-corrected chi connectivity index (χ3v) is 6.06. The summed E-state index contributed by atoms with van der Waals surface area (Å²) in [4.78, 5) is 33.0. The Kier molecular flexibility index (Phi) is 5.13. The molecule has 2 aromatic heterocycles. The number of para-hydroxylation sites is 1. The van der Waals surface area contributed by atoms with E-state index in [-0.39, 0.29) is 18.4 Å². The van der Waals surface area contributed by atoms with Crippen LogP contribution in [-0.4, -0.2) is 34.9 Å². The van der Waals surface area contributed by atoms with E-state index >= 15 is 0 Å². The Labute approximate surface area is 168 Å². The Morgan fingerprint density at radius 3 is 2.89 bits per heavy atom. The zero-order chi connectivity index (χ0) is 19.7. The van der Waals surface area contributed by atoms with Gasteiger partial charge in [0.1, 0.15) is 0 Å². The summed E-state index contributed by atoms with van der Waals surface area (Å²) in [5.74, 6) is -0.458. The van der Waals surface area contributed by atoms with Crippen LogP contribution in [0.2, 0.25) is 0 Å². The zero-order valence-corrected chi connectivity index (χ0v) is 16.8. The van der Waals surface area contributed by atoms with Gasteiger partial charge in [0, 0.05) is 29.0 Å². The van der Waals surface area contributed by atoms with Crippen molar-refractivity contribution in [1.82, 2.24) is 9.88 Å². The van der Waals surface area contributed by atoms with Crippen LogP contribution >= 0.6 is 11.3 Å². The van der Waals surface area contributed by atoms with Crippen LogP contribution in [0.1, 0.15) is 46.3 Å². The molecule has 3 heterocycles. The second-order valence-corrected chi connectivity index (χ2v) is 8.28. The molecular formula is C22H22N2O3S. The monoisotopic (exact) mass is 394 g/mol. The molecule has 28 heavy (non-hydrogen) atoms. The van der Waals surface area contributed by atoms with Crippen molar-refractivity contribution < 1.29 is 14.3 Å². The average Bonchev–Trinajstić information content (AvgIpc) is 3.18. The van der Waals surface area contributed by atoms with Gasteiger partial charge in [-0.1, -0.05) is 32.0 Å². The van der Waals surface area contributed by atoms with Gasteiger partial charge in [0.25, 0.3) is 5.91 Å². The number of rotatable bonds is 4. The van der Waals surface area contributed by atoms with Crippen molar-refractivity contribution in [3.05, 3.63) is 63.5 Å². The number of esters is 1. The smallest absolute Gasteiger partial charge is 0.339 e. The topological polar surface area (TPSA) is 59.5 Å². The number of carbonyl (C=O) groups excluding carboxylic acids is 2. The number of fused-ring (bicyclic) bond motifs is 2. The predicted molar refractivity (Wildman–Crippen MR) is 110 cm³/mol. The third-order valence-electron chi connectivity index (χ3n) is 5.03. The maximum absolute atomic E-state index is 12.8. The summed E-state index contributed by atoms with van der Waals surface area (Å²) in [6, 6.07) is 11.3. The lowest BCUT2D eigenvalue weighted by Gasteiger charge is -2.26. The van der Waals surface area contributed by atoms with Gasteiger partial charge in [-0.3, -0.25) is 9.78 Å². The molecule has 1 aromatic carbocycles. The number of pyridine rings is 1. The highest BCUT2D eigenvalue weighted by molar-refractivity contribution is 7.10. The number of benzene rings is 1. The van der Waals surface area contributed by atoms with E-state index in [1.165, 1.54) is 10.4 Å². The maximum atomic E-state index is 12.8. The lowest BCUT2D eigenvalue weighted by molar-refractivity contribution is -0.135. The largest absolute Gasteiger partial charge is 0.452 e. The van der Waals surface area contributed by atoms with Crippen LogP contribution in [0.3, 0.4) is 0 Å². The van der Waals surface area contributed by atoms with Crippen molar-refractivity contribution in [2.24, 2.45) is 0 Å². The molecule has 0 bridgehead atoms. The number of carbonyl (C=O) groups is 2. The molecule has 0 saturated heterocycles. The molecule has 144 valence electrons. The summed E-state index contributed by atoms with van der Waals surface area (Å²) in [6.07, 6.45) is 0.861. The van der Waals surface area contributed by atoms with Crippen molar-refractivity contribution in [2.75, 3.05) is 13.2 Å². The van der Waals surface area contributed by atoms with E-state index in [0.717, 1.165) is 23.0 Å². The van der Waals surface area contributed by atoms with Gasteiger partial charge in [0.15, 0.2) is 6.61 Å². The molecule has 0 spiro atoms. The molecule has 5 nitrogen and oxygen atoms in total. The summed E-state index contributed by atoms with van der Waals surface area (Å²) < 4.78 is 5.40. The normalized spacial score (nSPS) is 13.6. The Morgan fingerprint density at radius 2 is 2.07 bits per heavy atom. The number of aromatic nitrogens is 1. The number of amides is 1. The molecule has 6 heteroatoms. The molecule has 3 aromatic rings. The highest BCUT2D eigenvalue weighted by Gasteiger charge is 2.23.